The Morgan fingerprint density at radius 1 is 1.07 bits per heavy atom. The van der Waals surface area contributed by atoms with Crippen LogP contribution in [0.4, 0.5) is 5.69 Å². The molecule has 2 aliphatic rings. The van der Waals surface area contributed by atoms with E-state index < -0.39 is 23.5 Å². The van der Waals surface area contributed by atoms with Gasteiger partial charge in [0.05, 0.1) is 42.3 Å². The number of allylic oxidation sites excluding steroid dienone is 1. The van der Waals surface area contributed by atoms with E-state index >= 15 is 0 Å². The van der Waals surface area contributed by atoms with E-state index in [-0.39, 0.29) is 34.1 Å². The van der Waals surface area contributed by atoms with Crippen LogP contribution in [0.15, 0.2) is 63.5 Å². The molecule has 0 saturated carbocycles. The molecule has 0 bridgehead atoms. The number of thiazole rings is 1. The zero-order chi connectivity index (χ0) is 28.7. The summed E-state index contributed by atoms with van der Waals surface area (Å²) < 4.78 is 17.7. The van der Waals surface area contributed by atoms with E-state index in [2.05, 4.69) is 4.99 Å². The third-order valence-corrected chi connectivity index (χ3v) is 7.77. The van der Waals surface area contributed by atoms with Gasteiger partial charge >= 0.3 is 11.9 Å². The van der Waals surface area contributed by atoms with Crippen molar-refractivity contribution in [1.82, 2.24) is 4.57 Å². The maximum absolute atomic E-state index is 14.2. The first-order valence-corrected chi connectivity index (χ1v) is 13.5. The summed E-state index contributed by atoms with van der Waals surface area (Å²) in [5.41, 5.74) is 2.34. The van der Waals surface area contributed by atoms with E-state index in [1.807, 2.05) is 31.2 Å². The van der Waals surface area contributed by atoms with E-state index in [1.165, 1.54) is 18.6 Å². The molecule has 1 amide bonds. The number of fused-ring (bicyclic) bond motifs is 2. The second-order valence-corrected chi connectivity index (χ2v) is 10.0. The number of likely N-dealkylation sites (N-methyl/N-ethyl adjacent to an activating group) is 1. The van der Waals surface area contributed by atoms with E-state index in [4.69, 9.17) is 14.2 Å². The van der Waals surface area contributed by atoms with Crippen LogP contribution in [0.1, 0.15) is 44.9 Å². The van der Waals surface area contributed by atoms with Crippen molar-refractivity contribution >= 4 is 40.4 Å². The maximum Gasteiger partial charge on any atom is 0.338 e. The Balaban J connectivity index is 1.80. The topological polar surface area (TPSA) is 117 Å². The molecule has 2 aliphatic heterocycles. The first-order chi connectivity index (χ1) is 19.2. The first-order valence-electron chi connectivity index (χ1n) is 12.7. The zero-order valence-electron chi connectivity index (χ0n) is 22.6. The minimum Gasteiger partial charge on any atom is -0.493 e. The molecule has 1 aromatic heterocycles. The van der Waals surface area contributed by atoms with Crippen LogP contribution in [-0.4, -0.2) is 42.7 Å². The summed E-state index contributed by atoms with van der Waals surface area (Å²) in [6.45, 7) is 7.10. The summed E-state index contributed by atoms with van der Waals surface area (Å²) in [4.78, 5) is 59.1. The fraction of sp³-hybridized carbons (Fsp3) is 0.276. The van der Waals surface area contributed by atoms with Crippen LogP contribution in [0.2, 0.25) is 0 Å². The van der Waals surface area contributed by atoms with Crippen molar-refractivity contribution in [3.8, 4) is 11.5 Å². The fourth-order valence-electron chi connectivity index (χ4n) is 5.06. The minimum absolute atomic E-state index is 0.129. The van der Waals surface area contributed by atoms with Crippen LogP contribution in [0.5, 0.6) is 11.5 Å². The number of methoxy groups -OCH3 is 1. The quantitative estimate of drug-likeness (QED) is 0.335. The SMILES string of the molecule is CCOC(=O)C1=C(C)N=c2sc(=C3C(=O)N(CC)c4ccccc43)c(=O)n2[C@@H]1c1ccc(OC(C)=O)c(OC)c1. The Morgan fingerprint density at radius 2 is 1.82 bits per heavy atom. The van der Waals surface area contributed by atoms with E-state index in [0.717, 1.165) is 17.0 Å². The van der Waals surface area contributed by atoms with Gasteiger partial charge in [0.15, 0.2) is 16.3 Å². The number of aromatic nitrogens is 1. The van der Waals surface area contributed by atoms with E-state index in [9.17, 15) is 19.2 Å². The lowest BCUT2D eigenvalue weighted by Gasteiger charge is -2.25. The van der Waals surface area contributed by atoms with Crippen molar-refractivity contribution in [2.75, 3.05) is 25.2 Å². The molecule has 0 radical (unpaired) electrons. The maximum atomic E-state index is 14.2. The summed E-state index contributed by atoms with van der Waals surface area (Å²) >= 11 is 1.10. The Labute approximate surface area is 233 Å². The summed E-state index contributed by atoms with van der Waals surface area (Å²) in [7, 11) is 1.43. The number of benzene rings is 2. The number of nitrogens with zero attached hydrogens (tertiary/aromatic N) is 3. The Kier molecular flexibility index (Phi) is 7.16. The molecule has 0 fully saturated rings. The van der Waals surface area contributed by atoms with Gasteiger partial charge in [-0.3, -0.25) is 19.0 Å². The predicted octanol–water partition coefficient (Wildman–Crippen LogP) is 2.47. The van der Waals surface area contributed by atoms with Gasteiger partial charge in [-0.25, -0.2) is 9.79 Å². The third-order valence-electron chi connectivity index (χ3n) is 6.72. The number of esters is 2. The van der Waals surface area contributed by atoms with Crippen LogP contribution < -0.4 is 29.3 Å². The number of carbonyl (C=O) groups is 3. The fourth-order valence-corrected chi connectivity index (χ4v) is 6.20. The molecule has 0 spiro atoms. The molecular formula is C29H27N3O7S. The molecule has 3 heterocycles. The molecule has 0 aliphatic carbocycles. The predicted molar refractivity (Wildman–Crippen MR) is 148 cm³/mol. The second kappa shape index (κ2) is 10.6. The highest BCUT2D eigenvalue weighted by Crippen LogP contribution is 2.37. The molecule has 2 aromatic carbocycles. The second-order valence-electron chi connectivity index (χ2n) is 9.07. The highest BCUT2D eigenvalue weighted by molar-refractivity contribution is 7.07. The Hall–Kier alpha value is -4.51. The van der Waals surface area contributed by atoms with Crippen LogP contribution >= 0.6 is 11.3 Å². The van der Waals surface area contributed by atoms with Gasteiger partial charge in [-0.2, -0.15) is 0 Å². The number of rotatable bonds is 6. The number of anilines is 1. The van der Waals surface area contributed by atoms with Crippen LogP contribution in [0, 0.1) is 0 Å². The smallest absolute Gasteiger partial charge is 0.338 e. The molecule has 3 aromatic rings. The lowest BCUT2D eigenvalue weighted by molar-refractivity contribution is -0.139. The van der Waals surface area contributed by atoms with Crippen molar-refractivity contribution in [2.45, 2.75) is 33.7 Å². The molecule has 206 valence electrons. The van der Waals surface area contributed by atoms with Crippen molar-refractivity contribution < 1.29 is 28.6 Å². The molecule has 1 atom stereocenters. The van der Waals surface area contributed by atoms with E-state index in [1.54, 1.807) is 36.9 Å². The number of carbonyl (C=O) groups excluding carboxylic acids is 3. The molecular weight excluding hydrogens is 534 g/mol. The monoisotopic (exact) mass is 561 g/mol. The number of amides is 1. The third kappa shape index (κ3) is 4.32. The molecule has 0 unspecified atom stereocenters. The average molecular weight is 562 g/mol. The molecule has 10 nitrogen and oxygen atoms in total. The van der Waals surface area contributed by atoms with E-state index in [0.29, 0.717) is 33.7 Å². The van der Waals surface area contributed by atoms with Gasteiger partial charge in [-0.05, 0) is 44.5 Å². The molecule has 5 rings (SSSR count). The van der Waals surface area contributed by atoms with Gasteiger partial charge in [-0.15, -0.1) is 0 Å². The Bertz CT molecular complexity index is 1780. The van der Waals surface area contributed by atoms with Crippen LogP contribution in [0.25, 0.3) is 5.57 Å². The van der Waals surface area contributed by atoms with Crippen molar-refractivity contribution in [1.29, 1.82) is 0 Å². The first kappa shape index (κ1) is 27.1. The average Bonchev–Trinajstić information content (AvgIpc) is 3.39. The number of hydrogen-bond acceptors (Lipinski definition) is 9. The largest absolute Gasteiger partial charge is 0.493 e. The van der Waals surface area contributed by atoms with Crippen LogP contribution in [-0.2, 0) is 19.1 Å². The molecule has 0 saturated heterocycles. The summed E-state index contributed by atoms with van der Waals surface area (Å²) in [5, 5.41) is 0. The van der Waals surface area contributed by atoms with Crippen LogP contribution in [0.3, 0.4) is 0 Å². The van der Waals surface area contributed by atoms with Gasteiger partial charge in [0.1, 0.15) is 4.53 Å². The lowest BCUT2D eigenvalue weighted by Crippen LogP contribution is -2.41. The van der Waals surface area contributed by atoms with Gasteiger partial charge in [-0.1, -0.05) is 35.6 Å². The summed E-state index contributed by atoms with van der Waals surface area (Å²) in [5.74, 6) is -0.965. The van der Waals surface area contributed by atoms with Gasteiger partial charge in [0.2, 0.25) is 0 Å². The van der Waals surface area contributed by atoms with Gasteiger partial charge in [0.25, 0.3) is 11.5 Å². The molecule has 0 N–H and O–H groups in total. The lowest BCUT2D eigenvalue weighted by atomic mass is 9.95. The zero-order valence-corrected chi connectivity index (χ0v) is 23.5. The minimum atomic E-state index is -0.932. The van der Waals surface area contributed by atoms with Crippen molar-refractivity contribution in [3.63, 3.8) is 0 Å². The molecule has 11 heteroatoms. The summed E-state index contributed by atoms with van der Waals surface area (Å²) in [6, 6.07) is 11.2. The van der Waals surface area contributed by atoms with Gasteiger partial charge in [0, 0.05) is 19.0 Å². The highest BCUT2D eigenvalue weighted by Gasteiger charge is 2.37. The van der Waals surface area contributed by atoms with Crippen molar-refractivity contribution in [2.24, 2.45) is 4.99 Å². The number of ether oxygens (including phenoxy) is 3. The van der Waals surface area contributed by atoms with Gasteiger partial charge < -0.3 is 19.1 Å². The standard InChI is InChI=1S/C29H27N3O7S/c1-6-31-19-11-9-8-10-18(19)23(26(31)34)25-27(35)32-24(17-12-13-20(39-16(4)33)21(14-17)37-5)22(28(36)38-7-2)15(3)30-29(32)40-25/h8-14,24H,6-7H2,1-5H3/t24-/m1/s1. The molecule has 40 heavy (non-hydrogen) atoms. The highest BCUT2D eigenvalue weighted by atomic mass is 32.1. The number of hydrogen-bond donors (Lipinski definition) is 0. The number of para-hydroxylation sites is 1. The summed E-state index contributed by atoms with van der Waals surface area (Å²) in [6.07, 6.45) is 0. The Morgan fingerprint density at radius 3 is 2.50 bits per heavy atom. The van der Waals surface area contributed by atoms with Crippen molar-refractivity contribution in [3.05, 3.63) is 84.5 Å². The normalized spacial score (nSPS) is 17.3.